The molecule has 15 heavy (non-hydrogen) atoms. The third-order valence-electron chi connectivity index (χ3n) is 2.15. The van der Waals surface area contributed by atoms with Crippen LogP contribution in [0.4, 0.5) is 10.1 Å². The minimum atomic E-state index is -0.467. The lowest BCUT2D eigenvalue weighted by molar-refractivity contribution is -0.115. The van der Waals surface area contributed by atoms with Crippen LogP contribution in [0.25, 0.3) is 0 Å². The van der Waals surface area contributed by atoms with Crippen molar-refractivity contribution < 1.29 is 13.9 Å². The number of rotatable bonds is 3. The van der Waals surface area contributed by atoms with Gasteiger partial charge in [0, 0.05) is 12.6 Å². The van der Waals surface area contributed by atoms with Crippen molar-refractivity contribution in [1.82, 2.24) is 0 Å². The summed E-state index contributed by atoms with van der Waals surface area (Å²) in [5.41, 5.74) is 6.16. The summed E-state index contributed by atoms with van der Waals surface area (Å²) in [7, 11) is 0. The number of hydrogen-bond donors (Lipinski definition) is 2. The second-order valence-corrected chi connectivity index (χ2v) is 3.30. The first kappa shape index (κ1) is 9.92. The van der Waals surface area contributed by atoms with Gasteiger partial charge in [0.15, 0.2) is 5.82 Å². The molecule has 0 fully saturated rings. The first-order chi connectivity index (χ1) is 7.20. The van der Waals surface area contributed by atoms with Crippen molar-refractivity contribution in [2.45, 2.75) is 6.42 Å². The van der Waals surface area contributed by atoms with Crippen molar-refractivity contribution in [3.63, 3.8) is 0 Å². The Bertz CT molecular complexity index is 407. The zero-order valence-corrected chi connectivity index (χ0v) is 8.05. The molecule has 0 atom stereocenters. The van der Waals surface area contributed by atoms with Crippen molar-refractivity contribution >= 4 is 11.6 Å². The number of nitrogens with two attached hydrogens (primary N) is 1. The van der Waals surface area contributed by atoms with Crippen LogP contribution in [0.2, 0.25) is 0 Å². The minimum absolute atomic E-state index is 0.195. The van der Waals surface area contributed by atoms with E-state index in [1.165, 1.54) is 6.07 Å². The lowest BCUT2D eigenvalue weighted by Crippen LogP contribution is -2.10. The van der Waals surface area contributed by atoms with E-state index in [9.17, 15) is 9.18 Å². The number of anilines is 1. The van der Waals surface area contributed by atoms with Crippen molar-refractivity contribution in [2.24, 2.45) is 5.73 Å². The predicted octanol–water partition coefficient (Wildman–Crippen LogP) is 0.658. The van der Waals surface area contributed by atoms with Crippen LogP contribution in [-0.4, -0.2) is 19.1 Å². The highest BCUT2D eigenvalue weighted by Gasteiger charge is 2.22. The van der Waals surface area contributed by atoms with Gasteiger partial charge in [0.25, 0.3) is 0 Å². The van der Waals surface area contributed by atoms with Crippen molar-refractivity contribution in [1.29, 1.82) is 0 Å². The molecule has 0 saturated heterocycles. The van der Waals surface area contributed by atoms with Gasteiger partial charge < -0.3 is 15.8 Å². The van der Waals surface area contributed by atoms with Crippen LogP contribution >= 0.6 is 0 Å². The van der Waals surface area contributed by atoms with E-state index in [4.69, 9.17) is 10.5 Å². The zero-order chi connectivity index (χ0) is 10.8. The summed E-state index contributed by atoms with van der Waals surface area (Å²) in [5, 5.41) is 2.45. The highest BCUT2D eigenvalue weighted by molar-refractivity contribution is 5.99. The number of amides is 1. The van der Waals surface area contributed by atoms with Gasteiger partial charge in [0.1, 0.15) is 12.4 Å². The molecular weight excluding hydrogens is 199 g/mol. The second-order valence-electron chi connectivity index (χ2n) is 3.30. The van der Waals surface area contributed by atoms with Crippen LogP contribution in [0.15, 0.2) is 12.1 Å². The van der Waals surface area contributed by atoms with Gasteiger partial charge in [-0.15, -0.1) is 0 Å². The van der Waals surface area contributed by atoms with Gasteiger partial charge in [-0.2, -0.15) is 0 Å². The number of carbonyl (C=O) groups excluding carboxylic acids is 1. The third-order valence-corrected chi connectivity index (χ3v) is 2.15. The second kappa shape index (κ2) is 3.86. The number of halogens is 1. The van der Waals surface area contributed by atoms with E-state index in [1.807, 2.05) is 0 Å². The highest BCUT2D eigenvalue weighted by Crippen LogP contribution is 2.30. The Morgan fingerprint density at radius 2 is 2.33 bits per heavy atom. The van der Waals surface area contributed by atoms with Crippen LogP contribution in [0.3, 0.4) is 0 Å². The molecule has 0 spiro atoms. The summed E-state index contributed by atoms with van der Waals surface area (Å²) in [5.74, 6) is -0.251. The first-order valence-corrected chi connectivity index (χ1v) is 4.66. The molecule has 1 aromatic rings. The Balaban J connectivity index is 2.27. The van der Waals surface area contributed by atoms with Crippen LogP contribution in [0, 0.1) is 5.82 Å². The maximum atomic E-state index is 13.4. The monoisotopic (exact) mass is 210 g/mol. The molecule has 2 rings (SSSR count). The van der Waals surface area contributed by atoms with E-state index in [2.05, 4.69) is 5.32 Å². The molecule has 3 N–H and O–H groups in total. The van der Waals surface area contributed by atoms with Crippen molar-refractivity contribution in [3.05, 3.63) is 23.5 Å². The van der Waals surface area contributed by atoms with E-state index >= 15 is 0 Å². The normalized spacial score (nSPS) is 13.6. The summed E-state index contributed by atoms with van der Waals surface area (Å²) >= 11 is 0. The van der Waals surface area contributed by atoms with Crippen LogP contribution < -0.4 is 15.8 Å². The maximum absolute atomic E-state index is 13.4. The van der Waals surface area contributed by atoms with E-state index in [1.54, 1.807) is 6.07 Å². The Kier molecular flexibility index (Phi) is 2.55. The summed E-state index contributed by atoms with van der Waals surface area (Å²) in [6.45, 7) is 0.704. The Hall–Kier alpha value is -1.62. The van der Waals surface area contributed by atoms with Gasteiger partial charge in [-0.05, 0) is 11.6 Å². The molecule has 1 heterocycles. The lowest BCUT2D eigenvalue weighted by Gasteiger charge is -2.07. The average Bonchev–Trinajstić information content (AvgIpc) is 2.56. The summed E-state index contributed by atoms with van der Waals surface area (Å²) in [6.07, 6.45) is 0.200. The molecule has 1 aliphatic heterocycles. The fraction of sp³-hybridized carbons (Fsp3) is 0.300. The fourth-order valence-corrected chi connectivity index (χ4v) is 1.53. The standard InChI is InChI=1S/C10H11FN2O2/c11-8-5-7(15-2-1-12)3-6-4-9(14)13-10(6)8/h3,5H,1-2,4,12H2,(H,13,14). The van der Waals surface area contributed by atoms with Gasteiger partial charge in [-0.3, -0.25) is 4.79 Å². The quantitative estimate of drug-likeness (QED) is 0.770. The number of ether oxygens (including phenoxy) is 1. The fourth-order valence-electron chi connectivity index (χ4n) is 1.53. The molecule has 0 radical (unpaired) electrons. The van der Waals surface area contributed by atoms with Gasteiger partial charge in [-0.1, -0.05) is 0 Å². The molecule has 0 aromatic heterocycles. The van der Waals surface area contributed by atoms with E-state index in [0.29, 0.717) is 24.5 Å². The average molecular weight is 210 g/mol. The Morgan fingerprint density at radius 3 is 3.07 bits per heavy atom. The summed E-state index contributed by atoms with van der Waals surface area (Å²) in [6, 6.07) is 2.91. The van der Waals surface area contributed by atoms with E-state index in [-0.39, 0.29) is 18.0 Å². The smallest absolute Gasteiger partial charge is 0.228 e. The molecule has 0 bridgehead atoms. The number of nitrogens with one attached hydrogen (secondary N) is 1. The van der Waals surface area contributed by atoms with E-state index in [0.717, 1.165) is 0 Å². The van der Waals surface area contributed by atoms with Gasteiger partial charge in [-0.25, -0.2) is 4.39 Å². The Morgan fingerprint density at radius 1 is 1.53 bits per heavy atom. The molecule has 5 heteroatoms. The molecule has 1 aromatic carbocycles. The zero-order valence-electron chi connectivity index (χ0n) is 8.05. The first-order valence-electron chi connectivity index (χ1n) is 4.66. The van der Waals surface area contributed by atoms with Gasteiger partial charge in [0.05, 0.1) is 12.1 Å². The number of carbonyl (C=O) groups is 1. The van der Waals surface area contributed by atoms with Crippen molar-refractivity contribution in [2.75, 3.05) is 18.5 Å². The SMILES string of the molecule is NCCOc1cc(F)c2c(c1)CC(=O)N2. The van der Waals surface area contributed by atoms with Crippen LogP contribution in [-0.2, 0) is 11.2 Å². The molecule has 4 nitrogen and oxygen atoms in total. The number of hydrogen-bond acceptors (Lipinski definition) is 3. The summed E-state index contributed by atoms with van der Waals surface area (Å²) < 4.78 is 18.6. The van der Waals surface area contributed by atoms with Crippen LogP contribution in [0.1, 0.15) is 5.56 Å². The highest BCUT2D eigenvalue weighted by atomic mass is 19.1. The molecule has 0 saturated carbocycles. The molecule has 0 unspecified atom stereocenters. The largest absolute Gasteiger partial charge is 0.492 e. The topological polar surface area (TPSA) is 64.3 Å². The molecule has 1 amide bonds. The number of benzene rings is 1. The predicted molar refractivity (Wildman–Crippen MR) is 53.3 cm³/mol. The molecule has 80 valence electrons. The van der Waals surface area contributed by atoms with Gasteiger partial charge in [0.2, 0.25) is 5.91 Å². The molecule has 1 aliphatic rings. The lowest BCUT2D eigenvalue weighted by atomic mass is 10.1. The van der Waals surface area contributed by atoms with E-state index < -0.39 is 5.82 Å². The number of fused-ring (bicyclic) bond motifs is 1. The molecule has 0 aliphatic carbocycles. The molecular formula is C10H11FN2O2. The van der Waals surface area contributed by atoms with Crippen LogP contribution in [0.5, 0.6) is 5.75 Å². The Labute approximate surface area is 86.2 Å². The maximum Gasteiger partial charge on any atom is 0.228 e. The third kappa shape index (κ3) is 1.92. The summed E-state index contributed by atoms with van der Waals surface area (Å²) in [4.78, 5) is 11.0. The minimum Gasteiger partial charge on any atom is -0.492 e. The van der Waals surface area contributed by atoms with Gasteiger partial charge >= 0.3 is 0 Å². The van der Waals surface area contributed by atoms with Crippen molar-refractivity contribution in [3.8, 4) is 5.75 Å².